The van der Waals surface area contributed by atoms with Crippen LogP contribution in [0.1, 0.15) is 52.4 Å². The number of ketones is 1. The van der Waals surface area contributed by atoms with Crippen LogP contribution in [0.4, 0.5) is 5.95 Å². The number of anilines is 1. The molecule has 6 nitrogen and oxygen atoms in total. The van der Waals surface area contributed by atoms with Crippen molar-refractivity contribution in [1.82, 2.24) is 14.8 Å². The average Bonchev–Trinajstić information content (AvgIpc) is 3.23. The SMILES string of the molecule is CC(=O)CCCSc1nnc(N2CCC(C)CC2)n1CC1CCCO1. The van der Waals surface area contributed by atoms with Crippen molar-refractivity contribution >= 4 is 23.5 Å². The van der Waals surface area contributed by atoms with E-state index in [0.717, 1.165) is 68.3 Å². The van der Waals surface area contributed by atoms with Crippen LogP contribution >= 0.6 is 11.8 Å². The van der Waals surface area contributed by atoms with E-state index in [-0.39, 0.29) is 11.9 Å². The summed E-state index contributed by atoms with van der Waals surface area (Å²) in [5.41, 5.74) is 0. The maximum Gasteiger partial charge on any atom is 0.228 e. The van der Waals surface area contributed by atoms with E-state index in [2.05, 4.69) is 26.6 Å². The molecule has 1 aromatic heterocycles. The largest absolute Gasteiger partial charge is 0.376 e. The van der Waals surface area contributed by atoms with E-state index in [4.69, 9.17) is 4.74 Å². The Kier molecular flexibility index (Phi) is 6.76. The summed E-state index contributed by atoms with van der Waals surface area (Å²) in [6, 6.07) is 0. The summed E-state index contributed by atoms with van der Waals surface area (Å²) >= 11 is 1.71. The molecule has 0 spiro atoms. The molecular weight excluding hydrogens is 336 g/mol. The fourth-order valence-corrected chi connectivity index (χ4v) is 4.35. The highest BCUT2D eigenvalue weighted by molar-refractivity contribution is 7.99. The van der Waals surface area contributed by atoms with Crippen LogP contribution in [-0.4, -0.2) is 52.1 Å². The minimum atomic E-state index is 0.254. The Labute approximate surface area is 154 Å². The molecule has 0 amide bonds. The van der Waals surface area contributed by atoms with E-state index in [1.54, 1.807) is 18.7 Å². The highest BCUT2D eigenvalue weighted by Gasteiger charge is 2.25. The van der Waals surface area contributed by atoms with Crippen LogP contribution in [0.25, 0.3) is 0 Å². The van der Waals surface area contributed by atoms with E-state index in [0.29, 0.717) is 6.42 Å². The summed E-state index contributed by atoms with van der Waals surface area (Å²) in [6.07, 6.45) is 6.50. The second kappa shape index (κ2) is 9.03. The highest BCUT2D eigenvalue weighted by Crippen LogP contribution is 2.28. The lowest BCUT2D eigenvalue weighted by Crippen LogP contribution is -2.35. The van der Waals surface area contributed by atoms with Gasteiger partial charge in [0.2, 0.25) is 5.95 Å². The summed E-state index contributed by atoms with van der Waals surface area (Å²) in [7, 11) is 0. The van der Waals surface area contributed by atoms with Crippen LogP contribution < -0.4 is 4.90 Å². The van der Waals surface area contributed by atoms with Crippen molar-refractivity contribution in [1.29, 1.82) is 0 Å². The standard InChI is InChI=1S/C18H30N4O2S/c1-14-7-9-21(10-8-14)17-19-20-18(25-12-4-5-15(2)23)22(17)13-16-6-3-11-24-16/h14,16H,3-13H2,1-2H3. The van der Waals surface area contributed by atoms with Gasteiger partial charge >= 0.3 is 0 Å². The van der Waals surface area contributed by atoms with Crippen molar-refractivity contribution in [3.8, 4) is 0 Å². The molecule has 0 aliphatic carbocycles. The quantitative estimate of drug-likeness (QED) is 0.520. The van der Waals surface area contributed by atoms with Gasteiger partial charge in [0.05, 0.1) is 12.6 Å². The van der Waals surface area contributed by atoms with Crippen LogP contribution in [0.15, 0.2) is 5.16 Å². The Balaban J connectivity index is 1.68. The monoisotopic (exact) mass is 366 g/mol. The molecular formula is C18H30N4O2S. The van der Waals surface area contributed by atoms with E-state index in [9.17, 15) is 4.79 Å². The first kappa shape index (κ1) is 18.7. The first-order chi connectivity index (χ1) is 12.1. The van der Waals surface area contributed by atoms with Crippen molar-refractivity contribution in [2.75, 3.05) is 30.3 Å². The van der Waals surface area contributed by atoms with Gasteiger partial charge in [0.1, 0.15) is 5.78 Å². The molecule has 3 heterocycles. The van der Waals surface area contributed by atoms with Crippen molar-refractivity contribution < 1.29 is 9.53 Å². The number of carbonyl (C=O) groups is 1. The van der Waals surface area contributed by atoms with Crippen molar-refractivity contribution in [2.45, 2.75) is 70.2 Å². The van der Waals surface area contributed by atoms with E-state index >= 15 is 0 Å². The van der Waals surface area contributed by atoms with Crippen LogP contribution in [0.5, 0.6) is 0 Å². The van der Waals surface area contributed by atoms with E-state index in [1.165, 1.54) is 12.8 Å². The lowest BCUT2D eigenvalue weighted by molar-refractivity contribution is -0.117. The lowest BCUT2D eigenvalue weighted by atomic mass is 10.00. The van der Waals surface area contributed by atoms with Crippen molar-refractivity contribution in [3.63, 3.8) is 0 Å². The summed E-state index contributed by atoms with van der Waals surface area (Å²) < 4.78 is 8.10. The zero-order valence-electron chi connectivity index (χ0n) is 15.4. The molecule has 2 aliphatic heterocycles. The van der Waals surface area contributed by atoms with Crippen LogP contribution in [-0.2, 0) is 16.1 Å². The molecule has 1 unspecified atom stereocenters. The number of rotatable bonds is 8. The Hall–Kier alpha value is -1.08. The van der Waals surface area contributed by atoms with Gasteiger partial charge in [0.25, 0.3) is 0 Å². The van der Waals surface area contributed by atoms with Gasteiger partial charge in [-0.15, -0.1) is 10.2 Å². The Morgan fingerprint density at radius 3 is 2.76 bits per heavy atom. The third-order valence-electron chi connectivity index (χ3n) is 5.08. The van der Waals surface area contributed by atoms with Crippen LogP contribution in [0.3, 0.4) is 0 Å². The second-order valence-corrected chi connectivity index (χ2v) is 8.41. The molecule has 140 valence electrons. The van der Waals surface area contributed by atoms with Gasteiger partial charge in [-0.1, -0.05) is 18.7 Å². The number of piperidine rings is 1. The number of Topliss-reactive ketones (excluding diaryl/α,β-unsaturated/α-hetero) is 1. The molecule has 0 bridgehead atoms. The third kappa shape index (κ3) is 5.20. The molecule has 0 saturated carbocycles. The first-order valence-electron chi connectivity index (χ1n) is 9.55. The number of thioether (sulfide) groups is 1. The number of hydrogen-bond acceptors (Lipinski definition) is 6. The molecule has 1 atom stereocenters. The van der Waals surface area contributed by atoms with Gasteiger partial charge < -0.3 is 14.4 Å². The maximum absolute atomic E-state index is 11.1. The van der Waals surface area contributed by atoms with Gasteiger partial charge in [-0.25, -0.2) is 0 Å². The fraction of sp³-hybridized carbons (Fsp3) is 0.833. The van der Waals surface area contributed by atoms with Gasteiger partial charge in [0.15, 0.2) is 5.16 Å². The smallest absolute Gasteiger partial charge is 0.228 e. The van der Waals surface area contributed by atoms with Gasteiger partial charge in [-0.05, 0) is 44.9 Å². The molecule has 0 N–H and O–H groups in total. The summed E-state index contributed by atoms with van der Waals surface area (Å²) in [6.45, 7) is 7.79. The molecule has 2 fully saturated rings. The molecule has 7 heteroatoms. The number of ether oxygens (including phenoxy) is 1. The molecule has 3 rings (SSSR count). The fourth-order valence-electron chi connectivity index (χ4n) is 3.47. The average molecular weight is 367 g/mol. The zero-order valence-corrected chi connectivity index (χ0v) is 16.3. The van der Waals surface area contributed by atoms with E-state index < -0.39 is 0 Å². The zero-order chi connectivity index (χ0) is 17.6. The van der Waals surface area contributed by atoms with Gasteiger partial charge in [-0.2, -0.15) is 0 Å². The molecule has 25 heavy (non-hydrogen) atoms. The molecule has 1 aromatic rings. The summed E-state index contributed by atoms with van der Waals surface area (Å²) in [5, 5.41) is 9.94. The first-order valence-corrected chi connectivity index (χ1v) is 10.5. The summed E-state index contributed by atoms with van der Waals surface area (Å²) in [5.74, 6) is 2.95. The highest BCUT2D eigenvalue weighted by atomic mass is 32.2. The van der Waals surface area contributed by atoms with Crippen molar-refractivity contribution in [3.05, 3.63) is 0 Å². The Morgan fingerprint density at radius 1 is 1.28 bits per heavy atom. The summed E-state index contributed by atoms with van der Waals surface area (Å²) in [4.78, 5) is 13.5. The molecule has 2 aliphatic rings. The molecule has 0 radical (unpaired) electrons. The topological polar surface area (TPSA) is 60.2 Å². The number of aromatic nitrogens is 3. The second-order valence-electron chi connectivity index (χ2n) is 7.35. The minimum absolute atomic E-state index is 0.254. The predicted octanol–water partition coefficient (Wildman–Crippen LogP) is 3.15. The van der Waals surface area contributed by atoms with E-state index in [1.807, 2.05) is 0 Å². The normalized spacial score (nSPS) is 21.8. The number of nitrogens with zero attached hydrogens (tertiary/aromatic N) is 4. The predicted molar refractivity (Wildman–Crippen MR) is 100 cm³/mol. The number of carbonyl (C=O) groups excluding carboxylic acids is 1. The molecule has 2 saturated heterocycles. The van der Waals surface area contributed by atoms with Gasteiger partial charge in [0, 0.05) is 31.9 Å². The van der Waals surface area contributed by atoms with Gasteiger partial charge in [-0.3, -0.25) is 4.57 Å². The maximum atomic E-state index is 11.1. The molecule has 0 aromatic carbocycles. The minimum Gasteiger partial charge on any atom is -0.376 e. The van der Waals surface area contributed by atoms with Crippen LogP contribution in [0, 0.1) is 5.92 Å². The van der Waals surface area contributed by atoms with Crippen molar-refractivity contribution in [2.24, 2.45) is 5.92 Å². The number of hydrogen-bond donors (Lipinski definition) is 0. The lowest BCUT2D eigenvalue weighted by Gasteiger charge is -2.31. The van der Waals surface area contributed by atoms with Crippen LogP contribution in [0.2, 0.25) is 0 Å². The Bertz CT molecular complexity index is 563. The Morgan fingerprint density at radius 2 is 2.08 bits per heavy atom. The third-order valence-corrected chi connectivity index (χ3v) is 6.13.